The minimum Gasteiger partial charge on any atom is -0.258 e. The molecule has 0 aromatic rings. The van der Waals surface area contributed by atoms with Crippen LogP contribution in [0.4, 0.5) is 0 Å². The predicted molar refractivity (Wildman–Crippen MR) is 42.6 cm³/mol. The molecule has 0 aromatic carbocycles. The van der Waals surface area contributed by atoms with Crippen LogP contribution in [0.15, 0.2) is 0 Å². The normalized spacial score (nSPS) is 14.1. The summed E-state index contributed by atoms with van der Waals surface area (Å²) in [6.45, 7) is 0. The Morgan fingerprint density at radius 3 is 2.44 bits per heavy atom. The smallest absolute Gasteiger partial charge is 0.258 e. The van der Waals surface area contributed by atoms with Crippen molar-refractivity contribution in [2.45, 2.75) is 11.9 Å². The largest absolute Gasteiger partial charge is 0.258 e. The van der Waals surface area contributed by atoms with Gasteiger partial charge in [-0.05, 0) is 12.2 Å². The standard InChI is InChI=1S/C3H8O3S3/c4-9(5)6-3(8)1-2-7/h3,7-9H,1-2H2. The van der Waals surface area contributed by atoms with Gasteiger partial charge in [0.15, 0.2) is 0 Å². The Hall–Kier alpha value is 0.610. The Balaban J connectivity index is 3.37. The van der Waals surface area contributed by atoms with E-state index < -0.39 is 16.4 Å². The second-order valence-electron chi connectivity index (χ2n) is 1.30. The predicted octanol–water partition coefficient (Wildman–Crippen LogP) is 0.105. The zero-order chi connectivity index (χ0) is 7.28. The highest BCUT2D eigenvalue weighted by molar-refractivity contribution is 7.82. The third-order valence-corrected chi connectivity index (χ3v) is 1.80. The monoisotopic (exact) mass is 188 g/mol. The van der Waals surface area contributed by atoms with Crippen molar-refractivity contribution in [1.29, 1.82) is 0 Å². The van der Waals surface area contributed by atoms with Gasteiger partial charge in [-0.15, -0.1) is 12.6 Å². The third kappa shape index (κ3) is 6.50. The highest BCUT2D eigenvalue weighted by atomic mass is 32.2. The second kappa shape index (κ2) is 5.40. The molecule has 0 saturated carbocycles. The average Bonchev–Trinajstić information content (AvgIpc) is 1.63. The highest BCUT2D eigenvalue weighted by Crippen LogP contribution is 2.03. The maximum atomic E-state index is 9.83. The van der Waals surface area contributed by atoms with Crippen LogP contribution in [0.5, 0.6) is 0 Å². The van der Waals surface area contributed by atoms with Crippen molar-refractivity contribution in [3.05, 3.63) is 0 Å². The van der Waals surface area contributed by atoms with E-state index in [1.165, 1.54) is 0 Å². The molecular weight excluding hydrogens is 180 g/mol. The van der Waals surface area contributed by atoms with Crippen molar-refractivity contribution in [3.63, 3.8) is 0 Å². The van der Waals surface area contributed by atoms with Gasteiger partial charge >= 0.3 is 0 Å². The first-order chi connectivity index (χ1) is 4.16. The van der Waals surface area contributed by atoms with Gasteiger partial charge < -0.3 is 0 Å². The van der Waals surface area contributed by atoms with E-state index in [2.05, 4.69) is 29.4 Å². The summed E-state index contributed by atoms with van der Waals surface area (Å²) < 4.78 is 23.9. The number of hydrogen-bond acceptors (Lipinski definition) is 5. The molecule has 0 radical (unpaired) electrons. The second-order valence-corrected chi connectivity index (χ2v) is 2.98. The molecule has 0 aromatic heterocycles. The van der Waals surface area contributed by atoms with Crippen molar-refractivity contribution in [2.75, 3.05) is 5.75 Å². The van der Waals surface area contributed by atoms with Gasteiger partial charge in [-0.2, -0.15) is 12.6 Å². The molecule has 1 atom stereocenters. The van der Waals surface area contributed by atoms with Crippen molar-refractivity contribution in [2.24, 2.45) is 0 Å². The van der Waals surface area contributed by atoms with E-state index in [0.29, 0.717) is 12.2 Å². The first-order valence-electron chi connectivity index (χ1n) is 2.27. The van der Waals surface area contributed by atoms with Crippen molar-refractivity contribution in [1.82, 2.24) is 0 Å². The van der Waals surface area contributed by atoms with Crippen LogP contribution in [0.25, 0.3) is 0 Å². The van der Waals surface area contributed by atoms with Crippen LogP contribution >= 0.6 is 25.3 Å². The van der Waals surface area contributed by atoms with Gasteiger partial charge in [-0.25, -0.2) is 8.42 Å². The molecule has 0 bridgehead atoms. The molecule has 56 valence electrons. The maximum absolute atomic E-state index is 9.83. The lowest BCUT2D eigenvalue weighted by Crippen LogP contribution is -2.03. The molecule has 0 amide bonds. The molecule has 1 unspecified atom stereocenters. The van der Waals surface area contributed by atoms with Crippen molar-refractivity contribution < 1.29 is 12.6 Å². The summed E-state index contributed by atoms with van der Waals surface area (Å²) >= 11 is 7.65. The van der Waals surface area contributed by atoms with Gasteiger partial charge in [-0.3, -0.25) is 4.18 Å². The Morgan fingerprint density at radius 1 is 1.56 bits per heavy atom. The fourth-order valence-electron chi connectivity index (χ4n) is 0.262. The first kappa shape index (κ1) is 9.61. The average molecular weight is 188 g/mol. The Labute approximate surface area is 66.8 Å². The minimum absolute atomic E-state index is 0.523. The van der Waals surface area contributed by atoms with E-state index in [0.717, 1.165) is 0 Å². The SMILES string of the molecule is O=[SH](=O)OC(S)CCS. The van der Waals surface area contributed by atoms with Crippen LogP contribution < -0.4 is 0 Å². The quantitative estimate of drug-likeness (QED) is 0.433. The molecule has 0 saturated heterocycles. The van der Waals surface area contributed by atoms with Crippen LogP contribution in [-0.2, 0) is 15.2 Å². The van der Waals surface area contributed by atoms with Crippen LogP contribution in [0.3, 0.4) is 0 Å². The molecule has 0 aliphatic carbocycles. The van der Waals surface area contributed by atoms with Gasteiger partial charge in [-0.1, -0.05) is 0 Å². The minimum atomic E-state index is -2.76. The molecule has 0 fully saturated rings. The number of thiol groups is 3. The van der Waals surface area contributed by atoms with Crippen LogP contribution in [0.2, 0.25) is 0 Å². The summed E-state index contributed by atoms with van der Waals surface area (Å²) in [6.07, 6.45) is 0.523. The lowest BCUT2D eigenvalue weighted by atomic mass is 10.5. The van der Waals surface area contributed by atoms with Crippen molar-refractivity contribution in [3.8, 4) is 0 Å². The van der Waals surface area contributed by atoms with Crippen LogP contribution in [0.1, 0.15) is 6.42 Å². The Morgan fingerprint density at radius 2 is 2.11 bits per heavy atom. The van der Waals surface area contributed by atoms with E-state index in [9.17, 15) is 8.42 Å². The topological polar surface area (TPSA) is 43.4 Å². The molecule has 0 heterocycles. The zero-order valence-corrected chi connectivity index (χ0v) is 7.24. The molecule has 0 rings (SSSR count). The van der Waals surface area contributed by atoms with Gasteiger partial charge in [0.25, 0.3) is 11.0 Å². The van der Waals surface area contributed by atoms with Crippen LogP contribution in [-0.4, -0.2) is 19.6 Å². The fraction of sp³-hybridized carbons (Fsp3) is 1.00. The lowest BCUT2D eigenvalue weighted by Gasteiger charge is -2.02. The summed E-state index contributed by atoms with van der Waals surface area (Å²) in [7, 11) is -2.76. The lowest BCUT2D eigenvalue weighted by molar-refractivity contribution is 0.304. The summed E-state index contributed by atoms with van der Waals surface area (Å²) in [5.41, 5.74) is -0.538. The summed E-state index contributed by atoms with van der Waals surface area (Å²) in [4.78, 5) is 0. The van der Waals surface area contributed by atoms with Gasteiger partial charge in [0.1, 0.15) is 5.44 Å². The van der Waals surface area contributed by atoms with Crippen molar-refractivity contribution >= 4 is 36.2 Å². The number of hydrogen-bond donors (Lipinski definition) is 3. The Bertz CT molecular complexity index is 124. The van der Waals surface area contributed by atoms with Gasteiger partial charge in [0.2, 0.25) is 0 Å². The maximum Gasteiger partial charge on any atom is 0.258 e. The Kier molecular flexibility index (Phi) is 5.77. The van der Waals surface area contributed by atoms with E-state index in [4.69, 9.17) is 0 Å². The molecule has 6 heteroatoms. The molecule has 3 nitrogen and oxygen atoms in total. The van der Waals surface area contributed by atoms with E-state index in [-0.39, 0.29) is 0 Å². The summed E-state index contributed by atoms with van der Waals surface area (Å²) in [6, 6.07) is 0. The van der Waals surface area contributed by atoms with E-state index >= 15 is 0 Å². The zero-order valence-electron chi connectivity index (χ0n) is 4.56. The molecule has 0 spiro atoms. The van der Waals surface area contributed by atoms with E-state index in [1.807, 2.05) is 0 Å². The molecule has 0 N–H and O–H groups in total. The van der Waals surface area contributed by atoms with Gasteiger partial charge in [0.05, 0.1) is 0 Å². The molecule has 0 aliphatic rings. The summed E-state index contributed by atoms with van der Waals surface area (Å²) in [5.74, 6) is 0.567. The molecule has 0 aliphatic heterocycles. The fourth-order valence-corrected chi connectivity index (χ4v) is 1.36. The molecular formula is C3H8O3S3. The van der Waals surface area contributed by atoms with E-state index in [1.54, 1.807) is 0 Å². The highest BCUT2D eigenvalue weighted by Gasteiger charge is 2.00. The van der Waals surface area contributed by atoms with Gasteiger partial charge in [0, 0.05) is 0 Å². The number of rotatable bonds is 4. The molecule has 9 heavy (non-hydrogen) atoms. The van der Waals surface area contributed by atoms with Crippen LogP contribution in [0, 0.1) is 0 Å². The third-order valence-electron chi connectivity index (χ3n) is 0.584. The summed E-state index contributed by atoms with van der Waals surface area (Å²) in [5, 5.41) is 0. The first-order valence-corrected chi connectivity index (χ1v) is 4.51.